The lowest BCUT2D eigenvalue weighted by Crippen LogP contribution is -2.32. The Hall–Kier alpha value is -3.54. The summed E-state index contributed by atoms with van der Waals surface area (Å²) >= 11 is 0. The molecule has 142 valence electrons. The van der Waals surface area contributed by atoms with Crippen molar-refractivity contribution in [3.8, 4) is 11.5 Å². The molecule has 0 unspecified atom stereocenters. The summed E-state index contributed by atoms with van der Waals surface area (Å²) in [6.45, 7) is 2.54. The summed E-state index contributed by atoms with van der Waals surface area (Å²) in [6.07, 6.45) is 1.30. The Kier molecular flexibility index (Phi) is 4.85. The molecule has 1 aliphatic rings. The fourth-order valence-corrected chi connectivity index (χ4v) is 3.30. The fourth-order valence-electron chi connectivity index (χ4n) is 3.30. The van der Waals surface area contributed by atoms with Crippen molar-refractivity contribution in [2.75, 3.05) is 23.9 Å². The first-order valence-corrected chi connectivity index (χ1v) is 9.13. The van der Waals surface area contributed by atoms with Crippen molar-refractivity contribution in [2.45, 2.75) is 13.1 Å². The second kappa shape index (κ2) is 7.60. The number of fused-ring (bicyclic) bond motifs is 1. The Balaban J connectivity index is 1.69. The van der Waals surface area contributed by atoms with Crippen molar-refractivity contribution in [1.29, 1.82) is 0 Å². The lowest BCUT2D eigenvalue weighted by molar-refractivity contribution is 0.0993. The number of amides is 1. The fraction of sp³-hybridized carbons (Fsp3) is 0.182. The molecule has 0 fully saturated rings. The first-order valence-electron chi connectivity index (χ1n) is 9.13. The SMILES string of the molecule is CCOc1ccc(N2C(=O)c3cccnc3[C@@H]2Nc2ccc(OC)cc2)cc1. The topological polar surface area (TPSA) is 63.7 Å². The van der Waals surface area contributed by atoms with Gasteiger partial charge in [0, 0.05) is 17.6 Å². The van der Waals surface area contributed by atoms with E-state index < -0.39 is 6.17 Å². The van der Waals surface area contributed by atoms with E-state index in [0.29, 0.717) is 17.9 Å². The smallest absolute Gasteiger partial charge is 0.262 e. The predicted molar refractivity (Wildman–Crippen MR) is 108 cm³/mol. The Morgan fingerprint density at radius 1 is 1.04 bits per heavy atom. The lowest BCUT2D eigenvalue weighted by atomic mass is 10.2. The maximum Gasteiger partial charge on any atom is 0.262 e. The van der Waals surface area contributed by atoms with E-state index in [1.165, 1.54) is 0 Å². The maximum atomic E-state index is 13.1. The number of nitrogens with one attached hydrogen (secondary N) is 1. The third-order valence-corrected chi connectivity index (χ3v) is 4.62. The number of rotatable bonds is 6. The number of anilines is 2. The van der Waals surface area contributed by atoms with Gasteiger partial charge in [-0.3, -0.25) is 14.7 Å². The first-order chi connectivity index (χ1) is 13.7. The summed E-state index contributed by atoms with van der Waals surface area (Å²) in [5, 5.41) is 3.42. The molecular weight excluding hydrogens is 354 g/mol. The van der Waals surface area contributed by atoms with Crippen LogP contribution in [0.1, 0.15) is 29.1 Å². The third kappa shape index (κ3) is 3.24. The molecule has 1 atom stereocenters. The third-order valence-electron chi connectivity index (χ3n) is 4.62. The van der Waals surface area contributed by atoms with Crippen LogP contribution in [0, 0.1) is 0 Å². The molecule has 1 aromatic heterocycles. The Bertz CT molecular complexity index is 971. The van der Waals surface area contributed by atoms with E-state index in [0.717, 1.165) is 22.9 Å². The first kappa shape index (κ1) is 17.9. The van der Waals surface area contributed by atoms with Gasteiger partial charge in [-0.15, -0.1) is 0 Å². The van der Waals surface area contributed by atoms with Crippen LogP contribution in [-0.4, -0.2) is 24.6 Å². The van der Waals surface area contributed by atoms with Crippen LogP contribution < -0.4 is 19.7 Å². The molecule has 0 bridgehead atoms. The number of carbonyl (C=O) groups excluding carboxylic acids is 1. The van der Waals surface area contributed by atoms with Crippen molar-refractivity contribution < 1.29 is 14.3 Å². The predicted octanol–water partition coefficient (Wildman–Crippen LogP) is 4.26. The number of pyridine rings is 1. The molecule has 1 aliphatic heterocycles. The maximum absolute atomic E-state index is 13.1. The molecule has 4 rings (SSSR count). The van der Waals surface area contributed by atoms with Gasteiger partial charge >= 0.3 is 0 Å². The van der Waals surface area contributed by atoms with Gasteiger partial charge in [-0.1, -0.05) is 0 Å². The molecule has 28 heavy (non-hydrogen) atoms. The minimum atomic E-state index is -0.407. The van der Waals surface area contributed by atoms with Gasteiger partial charge in [-0.25, -0.2) is 0 Å². The highest BCUT2D eigenvalue weighted by molar-refractivity contribution is 6.11. The number of methoxy groups -OCH3 is 1. The highest BCUT2D eigenvalue weighted by atomic mass is 16.5. The summed E-state index contributed by atoms with van der Waals surface area (Å²) in [6, 6.07) is 18.7. The number of carbonyl (C=O) groups is 1. The largest absolute Gasteiger partial charge is 0.497 e. The number of nitrogens with zero attached hydrogens (tertiary/aromatic N) is 2. The van der Waals surface area contributed by atoms with Gasteiger partial charge < -0.3 is 14.8 Å². The van der Waals surface area contributed by atoms with Gasteiger partial charge in [0.25, 0.3) is 5.91 Å². The number of hydrogen-bond acceptors (Lipinski definition) is 5. The van der Waals surface area contributed by atoms with E-state index in [2.05, 4.69) is 10.3 Å². The monoisotopic (exact) mass is 375 g/mol. The van der Waals surface area contributed by atoms with Gasteiger partial charge in [0.05, 0.1) is 25.0 Å². The highest BCUT2D eigenvalue weighted by Gasteiger charge is 2.39. The molecule has 1 amide bonds. The summed E-state index contributed by atoms with van der Waals surface area (Å²) in [4.78, 5) is 19.3. The van der Waals surface area contributed by atoms with Crippen LogP contribution in [-0.2, 0) is 0 Å². The molecule has 6 nitrogen and oxygen atoms in total. The summed E-state index contributed by atoms with van der Waals surface area (Å²) < 4.78 is 10.7. The van der Waals surface area contributed by atoms with Crippen molar-refractivity contribution in [2.24, 2.45) is 0 Å². The number of hydrogen-bond donors (Lipinski definition) is 1. The van der Waals surface area contributed by atoms with Crippen LogP contribution in [0.15, 0.2) is 66.9 Å². The van der Waals surface area contributed by atoms with Gasteiger partial charge in [0.15, 0.2) is 6.17 Å². The van der Waals surface area contributed by atoms with E-state index in [-0.39, 0.29) is 5.91 Å². The van der Waals surface area contributed by atoms with Crippen LogP contribution in [0.4, 0.5) is 11.4 Å². The average molecular weight is 375 g/mol. The summed E-state index contributed by atoms with van der Waals surface area (Å²) in [5.41, 5.74) is 2.95. The molecule has 1 N–H and O–H groups in total. The molecule has 2 heterocycles. The van der Waals surface area contributed by atoms with Crippen molar-refractivity contribution in [3.05, 3.63) is 78.1 Å². The van der Waals surface area contributed by atoms with Gasteiger partial charge in [0.2, 0.25) is 0 Å². The second-order valence-electron chi connectivity index (χ2n) is 6.31. The molecule has 3 aromatic rings. The minimum Gasteiger partial charge on any atom is -0.497 e. The van der Waals surface area contributed by atoms with Crippen molar-refractivity contribution in [3.63, 3.8) is 0 Å². The van der Waals surface area contributed by atoms with Gasteiger partial charge in [0.1, 0.15) is 11.5 Å². The average Bonchev–Trinajstić information content (AvgIpc) is 3.01. The number of ether oxygens (including phenoxy) is 2. The van der Waals surface area contributed by atoms with Crippen LogP contribution >= 0.6 is 0 Å². The summed E-state index contributed by atoms with van der Waals surface area (Å²) in [7, 11) is 1.63. The zero-order valence-corrected chi connectivity index (χ0v) is 15.8. The molecule has 6 heteroatoms. The quantitative estimate of drug-likeness (QED) is 0.697. The summed E-state index contributed by atoms with van der Waals surface area (Å²) in [5.74, 6) is 1.46. The van der Waals surface area contributed by atoms with Crippen LogP contribution in [0.2, 0.25) is 0 Å². The molecule has 0 saturated heterocycles. The van der Waals surface area contributed by atoms with Crippen molar-refractivity contribution in [1.82, 2.24) is 4.98 Å². The minimum absolute atomic E-state index is 0.0849. The van der Waals surface area contributed by atoms with Gasteiger partial charge in [-0.2, -0.15) is 0 Å². The lowest BCUT2D eigenvalue weighted by Gasteiger charge is -2.26. The van der Waals surface area contributed by atoms with Crippen LogP contribution in [0.5, 0.6) is 11.5 Å². The van der Waals surface area contributed by atoms with E-state index in [1.807, 2.05) is 61.5 Å². The van der Waals surface area contributed by atoms with Crippen molar-refractivity contribution >= 4 is 17.3 Å². The highest BCUT2D eigenvalue weighted by Crippen LogP contribution is 2.37. The van der Waals surface area contributed by atoms with Gasteiger partial charge in [-0.05, 0) is 67.6 Å². The van der Waals surface area contributed by atoms with E-state index in [1.54, 1.807) is 24.3 Å². The van der Waals surface area contributed by atoms with E-state index in [9.17, 15) is 4.79 Å². The molecule has 0 aliphatic carbocycles. The number of aromatic nitrogens is 1. The Morgan fingerprint density at radius 2 is 1.75 bits per heavy atom. The zero-order chi connectivity index (χ0) is 19.5. The standard InChI is InChI=1S/C22H21N3O3/c1-3-28-18-12-8-16(9-13-18)25-21(20-19(22(25)26)5-4-14-23-20)24-15-6-10-17(27-2)11-7-15/h4-14,21,24H,3H2,1-2H3/t21-/m1/s1. The molecule has 0 spiro atoms. The van der Waals surface area contributed by atoms with Crippen LogP contribution in [0.3, 0.4) is 0 Å². The Labute approximate surface area is 163 Å². The number of benzene rings is 2. The van der Waals surface area contributed by atoms with E-state index in [4.69, 9.17) is 9.47 Å². The molecule has 2 aromatic carbocycles. The molecular formula is C22H21N3O3. The normalized spacial score (nSPS) is 15.3. The Morgan fingerprint density at radius 3 is 2.43 bits per heavy atom. The van der Waals surface area contributed by atoms with Crippen LogP contribution in [0.25, 0.3) is 0 Å². The molecule has 0 saturated carbocycles. The van der Waals surface area contributed by atoms with E-state index >= 15 is 0 Å². The second-order valence-corrected chi connectivity index (χ2v) is 6.31. The molecule has 0 radical (unpaired) electrons. The zero-order valence-electron chi connectivity index (χ0n) is 15.8.